The van der Waals surface area contributed by atoms with Gasteiger partial charge in [0.1, 0.15) is 11.5 Å². The highest BCUT2D eigenvalue weighted by Crippen LogP contribution is 2.19. The highest BCUT2D eigenvalue weighted by Gasteiger charge is 2.05. The lowest BCUT2D eigenvalue weighted by atomic mass is 10.3. The van der Waals surface area contributed by atoms with Crippen molar-refractivity contribution >= 4 is 21.6 Å². The van der Waals surface area contributed by atoms with Gasteiger partial charge in [0, 0.05) is 4.47 Å². The van der Waals surface area contributed by atoms with E-state index in [2.05, 4.69) is 31.4 Å². The molecule has 0 amide bonds. The van der Waals surface area contributed by atoms with Crippen LogP contribution in [0.2, 0.25) is 0 Å². The summed E-state index contributed by atoms with van der Waals surface area (Å²) in [5, 5.41) is 11.6. The Morgan fingerprint density at radius 3 is 2.71 bits per heavy atom. The molecule has 0 saturated carbocycles. The topological polar surface area (TPSA) is 42.7 Å². The summed E-state index contributed by atoms with van der Waals surface area (Å²) in [7, 11) is 0. The second kappa shape index (κ2) is 6.05. The van der Waals surface area contributed by atoms with E-state index >= 15 is 0 Å². The maximum Gasteiger partial charge on any atom is 0.147 e. The second-order valence-electron chi connectivity index (χ2n) is 4.44. The Hall–Kier alpha value is -2.21. The molecule has 0 saturated heterocycles. The van der Waals surface area contributed by atoms with E-state index in [1.165, 1.54) is 6.07 Å². The summed E-state index contributed by atoms with van der Waals surface area (Å²) in [5.41, 5.74) is 2.06. The van der Waals surface area contributed by atoms with Crippen LogP contribution in [0.25, 0.3) is 5.69 Å². The molecule has 0 fully saturated rings. The molecule has 0 aliphatic rings. The highest BCUT2D eigenvalue weighted by molar-refractivity contribution is 9.10. The van der Waals surface area contributed by atoms with Crippen LogP contribution in [0, 0.1) is 5.82 Å². The maximum absolute atomic E-state index is 13.7. The minimum atomic E-state index is -0.306. The van der Waals surface area contributed by atoms with Gasteiger partial charge in [0.15, 0.2) is 0 Å². The number of hydrogen-bond acceptors (Lipinski definition) is 3. The van der Waals surface area contributed by atoms with Gasteiger partial charge in [-0.1, -0.05) is 34.1 Å². The lowest BCUT2D eigenvalue weighted by Crippen LogP contribution is -2.03. The number of aromatic nitrogens is 3. The minimum Gasteiger partial charge on any atom is -0.377 e. The van der Waals surface area contributed by atoms with Crippen LogP contribution in [0.15, 0.2) is 59.2 Å². The summed E-state index contributed by atoms with van der Waals surface area (Å²) in [6.07, 6.45) is 1.66. The standard InChI is InChI=1S/C15H12BrFN4/c16-11-6-7-15(14(17)8-11)18-9-12-10-19-21(20-12)13-4-2-1-3-5-13/h1-8,10,18H,9H2. The lowest BCUT2D eigenvalue weighted by molar-refractivity contribution is 0.629. The van der Waals surface area contributed by atoms with Gasteiger partial charge in [-0.2, -0.15) is 15.0 Å². The third-order valence-electron chi connectivity index (χ3n) is 2.92. The fourth-order valence-corrected chi connectivity index (χ4v) is 2.21. The van der Waals surface area contributed by atoms with Crippen molar-refractivity contribution in [3.8, 4) is 5.69 Å². The zero-order valence-corrected chi connectivity index (χ0v) is 12.6. The summed E-state index contributed by atoms with van der Waals surface area (Å²) in [4.78, 5) is 1.55. The molecule has 0 bridgehead atoms. The van der Waals surface area contributed by atoms with Gasteiger partial charge >= 0.3 is 0 Å². The smallest absolute Gasteiger partial charge is 0.147 e. The van der Waals surface area contributed by atoms with Gasteiger partial charge in [0.2, 0.25) is 0 Å². The van der Waals surface area contributed by atoms with Crippen LogP contribution in [-0.2, 0) is 6.54 Å². The van der Waals surface area contributed by atoms with Crippen LogP contribution < -0.4 is 5.32 Å². The molecule has 4 nitrogen and oxygen atoms in total. The molecule has 0 aliphatic carbocycles. The SMILES string of the molecule is Fc1cc(Br)ccc1NCc1cnn(-c2ccccc2)n1. The molecule has 1 aromatic heterocycles. The van der Waals surface area contributed by atoms with E-state index in [4.69, 9.17) is 0 Å². The number of halogens is 2. The molecule has 6 heteroatoms. The monoisotopic (exact) mass is 346 g/mol. The quantitative estimate of drug-likeness (QED) is 0.781. The minimum absolute atomic E-state index is 0.306. The van der Waals surface area contributed by atoms with Gasteiger partial charge in [-0.3, -0.25) is 0 Å². The number of nitrogens with one attached hydrogen (secondary N) is 1. The van der Waals surface area contributed by atoms with Crippen LogP contribution in [0.3, 0.4) is 0 Å². The van der Waals surface area contributed by atoms with E-state index in [-0.39, 0.29) is 5.82 Å². The molecule has 1 heterocycles. The first-order chi connectivity index (χ1) is 10.2. The Bertz CT molecular complexity index is 742. The van der Waals surface area contributed by atoms with Crippen molar-refractivity contribution in [2.45, 2.75) is 6.54 Å². The van der Waals surface area contributed by atoms with Gasteiger partial charge in [0.25, 0.3) is 0 Å². The molecular weight excluding hydrogens is 335 g/mol. The molecule has 3 rings (SSSR count). The normalized spacial score (nSPS) is 10.6. The van der Waals surface area contributed by atoms with Gasteiger partial charge in [-0.15, -0.1) is 0 Å². The molecule has 0 spiro atoms. The van der Waals surface area contributed by atoms with E-state index in [0.29, 0.717) is 16.7 Å². The van der Waals surface area contributed by atoms with Gasteiger partial charge in [0.05, 0.1) is 24.1 Å². The molecule has 106 valence electrons. The number of benzene rings is 2. The van der Waals surface area contributed by atoms with Crippen molar-refractivity contribution in [1.29, 1.82) is 0 Å². The van der Waals surface area contributed by atoms with Crippen LogP contribution in [0.5, 0.6) is 0 Å². The summed E-state index contributed by atoms with van der Waals surface area (Å²) in [5.74, 6) is -0.306. The van der Waals surface area contributed by atoms with Crippen molar-refractivity contribution in [3.63, 3.8) is 0 Å². The third-order valence-corrected chi connectivity index (χ3v) is 3.41. The van der Waals surface area contributed by atoms with E-state index < -0.39 is 0 Å². The third kappa shape index (κ3) is 3.28. The van der Waals surface area contributed by atoms with Crippen LogP contribution in [0.1, 0.15) is 5.69 Å². The van der Waals surface area contributed by atoms with Gasteiger partial charge in [-0.25, -0.2) is 4.39 Å². The Morgan fingerprint density at radius 2 is 1.95 bits per heavy atom. The molecule has 0 unspecified atom stereocenters. The van der Waals surface area contributed by atoms with Crippen LogP contribution in [0.4, 0.5) is 10.1 Å². The van der Waals surface area contributed by atoms with E-state index in [0.717, 1.165) is 11.4 Å². The lowest BCUT2D eigenvalue weighted by Gasteiger charge is -2.05. The fourth-order valence-electron chi connectivity index (χ4n) is 1.88. The first-order valence-electron chi connectivity index (χ1n) is 6.38. The van der Waals surface area contributed by atoms with Crippen molar-refractivity contribution in [2.75, 3.05) is 5.32 Å². The predicted octanol–water partition coefficient (Wildman–Crippen LogP) is 3.78. The van der Waals surface area contributed by atoms with Crippen molar-refractivity contribution in [1.82, 2.24) is 15.0 Å². The summed E-state index contributed by atoms with van der Waals surface area (Å²) in [6.45, 7) is 0.408. The number of rotatable bonds is 4. The van der Waals surface area contributed by atoms with Crippen molar-refractivity contribution in [3.05, 3.63) is 70.7 Å². The predicted molar refractivity (Wildman–Crippen MR) is 82.8 cm³/mol. The van der Waals surface area contributed by atoms with Crippen molar-refractivity contribution in [2.24, 2.45) is 0 Å². The zero-order chi connectivity index (χ0) is 14.7. The molecule has 1 N–H and O–H groups in total. The van der Waals surface area contributed by atoms with Crippen LogP contribution in [-0.4, -0.2) is 15.0 Å². The average Bonchev–Trinajstić information content (AvgIpc) is 2.96. The highest BCUT2D eigenvalue weighted by atomic mass is 79.9. The average molecular weight is 347 g/mol. The second-order valence-corrected chi connectivity index (χ2v) is 5.35. The first-order valence-corrected chi connectivity index (χ1v) is 7.17. The summed E-state index contributed by atoms with van der Waals surface area (Å²) < 4.78 is 14.4. The number of anilines is 1. The van der Waals surface area contributed by atoms with Gasteiger partial charge < -0.3 is 5.32 Å². The van der Waals surface area contributed by atoms with E-state index in [1.54, 1.807) is 23.1 Å². The zero-order valence-electron chi connectivity index (χ0n) is 11.0. The Morgan fingerprint density at radius 1 is 1.14 bits per heavy atom. The number of nitrogens with zero attached hydrogens (tertiary/aromatic N) is 3. The van der Waals surface area contributed by atoms with E-state index in [9.17, 15) is 4.39 Å². The number of hydrogen-bond donors (Lipinski definition) is 1. The fraction of sp³-hybridized carbons (Fsp3) is 0.0667. The number of para-hydroxylation sites is 1. The molecule has 21 heavy (non-hydrogen) atoms. The summed E-state index contributed by atoms with van der Waals surface area (Å²) >= 11 is 3.23. The largest absolute Gasteiger partial charge is 0.377 e. The van der Waals surface area contributed by atoms with Crippen LogP contribution >= 0.6 is 15.9 Å². The van der Waals surface area contributed by atoms with Gasteiger partial charge in [-0.05, 0) is 30.3 Å². The molecule has 0 radical (unpaired) electrons. The summed E-state index contributed by atoms with van der Waals surface area (Å²) in [6, 6.07) is 14.5. The Kier molecular flexibility index (Phi) is 3.96. The molecular formula is C15H12BrFN4. The molecule has 0 aliphatic heterocycles. The Labute approximate surface area is 129 Å². The van der Waals surface area contributed by atoms with Crippen molar-refractivity contribution < 1.29 is 4.39 Å². The molecule has 2 aromatic carbocycles. The molecule has 0 atom stereocenters. The first kappa shape index (κ1) is 13.8. The Balaban J connectivity index is 1.70. The molecule has 3 aromatic rings. The van der Waals surface area contributed by atoms with E-state index in [1.807, 2.05) is 30.3 Å². The maximum atomic E-state index is 13.7.